The molecule has 0 radical (unpaired) electrons. The summed E-state index contributed by atoms with van der Waals surface area (Å²) >= 11 is 0. The summed E-state index contributed by atoms with van der Waals surface area (Å²) in [5.41, 5.74) is 8.73. The van der Waals surface area contributed by atoms with Crippen LogP contribution in [0.2, 0.25) is 0 Å². The van der Waals surface area contributed by atoms with E-state index < -0.39 is 7.92 Å². The first-order valence-electron chi connectivity index (χ1n) is 10.7. The third-order valence-electron chi connectivity index (χ3n) is 7.30. The lowest BCUT2D eigenvalue weighted by Crippen LogP contribution is -2.29. The lowest BCUT2D eigenvalue weighted by Gasteiger charge is -2.33. The zero-order valence-corrected chi connectivity index (χ0v) is 19.8. The zero-order valence-electron chi connectivity index (χ0n) is 19.0. The molecule has 0 nitrogen and oxygen atoms in total. The summed E-state index contributed by atoms with van der Waals surface area (Å²) in [6.07, 6.45) is 0. The fourth-order valence-electron chi connectivity index (χ4n) is 4.99. The average molecular weight is 411 g/mol. The third-order valence-corrected chi connectivity index (χ3v) is 9.90. The quantitative estimate of drug-likeness (QED) is 0.420. The van der Waals surface area contributed by atoms with Crippen LogP contribution in [0.5, 0.6) is 0 Å². The lowest BCUT2D eigenvalue weighted by molar-refractivity contribution is 0.662. The monoisotopic (exact) mass is 410 g/mol. The Kier molecular flexibility index (Phi) is 5.56. The third kappa shape index (κ3) is 3.19. The molecule has 3 aromatic rings. The van der Waals surface area contributed by atoms with Crippen LogP contribution in [0.25, 0.3) is 0 Å². The van der Waals surface area contributed by atoms with Gasteiger partial charge in [-0.1, -0.05) is 90.0 Å². The second-order valence-electron chi connectivity index (χ2n) is 8.58. The van der Waals surface area contributed by atoms with E-state index in [9.17, 15) is 0 Å². The van der Waals surface area contributed by atoms with Gasteiger partial charge in [-0.15, -0.1) is 0 Å². The largest absolute Gasteiger partial charge is 0.0622 e. The van der Waals surface area contributed by atoms with E-state index in [0.717, 1.165) is 0 Å². The molecule has 0 heterocycles. The van der Waals surface area contributed by atoms with Crippen LogP contribution in [0.3, 0.4) is 0 Å². The minimum atomic E-state index is -0.603. The van der Waals surface area contributed by atoms with E-state index >= 15 is 0 Å². The zero-order chi connectivity index (χ0) is 21.5. The lowest BCUT2D eigenvalue weighted by atomic mass is 9.72. The second-order valence-corrected chi connectivity index (χ2v) is 10.8. The van der Waals surface area contributed by atoms with Crippen molar-refractivity contribution in [2.75, 3.05) is 0 Å². The van der Waals surface area contributed by atoms with Crippen molar-refractivity contribution in [3.05, 3.63) is 112 Å². The fraction of sp³-hybridized carbons (Fsp3) is 0.241. The van der Waals surface area contributed by atoms with Crippen molar-refractivity contribution in [2.24, 2.45) is 0 Å². The van der Waals surface area contributed by atoms with Crippen molar-refractivity contribution >= 4 is 23.8 Å². The van der Waals surface area contributed by atoms with Gasteiger partial charge in [0.1, 0.15) is 0 Å². The molecule has 1 heteroatoms. The van der Waals surface area contributed by atoms with E-state index in [1.54, 1.807) is 0 Å². The summed E-state index contributed by atoms with van der Waals surface area (Å²) < 4.78 is 0. The maximum atomic E-state index is 2.41. The van der Waals surface area contributed by atoms with Gasteiger partial charge in [0.2, 0.25) is 0 Å². The number of rotatable bonds is 4. The van der Waals surface area contributed by atoms with E-state index in [1.165, 1.54) is 49.3 Å². The molecule has 30 heavy (non-hydrogen) atoms. The topological polar surface area (TPSA) is 0 Å². The van der Waals surface area contributed by atoms with Crippen LogP contribution < -0.4 is 15.9 Å². The van der Waals surface area contributed by atoms with Crippen LogP contribution >= 0.6 is 7.92 Å². The summed E-state index contributed by atoms with van der Waals surface area (Å²) in [6, 6.07) is 29.0. The number of allylic oxidation sites excluding steroid dienone is 4. The smallest absolute Gasteiger partial charge is 0.0351 e. The molecule has 0 atom stereocenters. The molecule has 0 saturated heterocycles. The number of hydrogen-bond donors (Lipinski definition) is 0. The molecular formula is C29H31P. The highest BCUT2D eigenvalue weighted by Crippen LogP contribution is 2.49. The minimum absolute atomic E-state index is 0.0252. The van der Waals surface area contributed by atoms with Gasteiger partial charge in [-0.25, -0.2) is 0 Å². The van der Waals surface area contributed by atoms with E-state index in [1.807, 2.05) is 0 Å². The van der Waals surface area contributed by atoms with Gasteiger partial charge in [-0.3, -0.25) is 0 Å². The molecule has 0 amide bonds. The average Bonchev–Trinajstić information content (AvgIpc) is 2.92. The van der Waals surface area contributed by atoms with E-state index in [0.29, 0.717) is 0 Å². The molecule has 0 aromatic heterocycles. The summed E-state index contributed by atoms with van der Waals surface area (Å²) in [4.78, 5) is 0. The maximum absolute atomic E-state index is 2.41. The van der Waals surface area contributed by atoms with Gasteiger partial charge in [0.15, 0.2) is 0 Å². The Morgan fingerprint density at radius 1 is 0.567 bits per heavy atom. The van der Waals surface area contributed by atoms with Crippen molar-refractivity contribution < 1.29 is 0 Å². The predicted molar refractivity (Wildman–Crippen MR) is 134 cm³/mol. The minimum Gasteiger partial charge on any atom is -0.0622 e. The first-order chi connectivity index (χ1) is 14.4. The van der Waals surface area contributed by atoms with Gasteiger partial charge in [0, 0.05) is 5.41 Å². The number of hydrogen-bond acceptors (Lipinski definition) is 0. The Hall–Kier alpha value is -2.43. The molecule has 3 aromatic carbocycles. The Labute approximate surface area is 183 Å². The summed E-state index contributed by atoms with van der Waals surface area (Å²) in [6.45, 7) is 13.9. The Balaban J connectivity index is 1.95. The highest BCUT2D eigenvalue weighted by molar-refractivity contribution is 7.79. The van der Waals surface area contributed by atoms with Crippen molar-refractivity contribution in [2.45, 2.75) is 47.0 Å². The molecule has 1 aliphatic rings. The molecule has 0 saturated carbocycles. The highest BCUT2D eigenvalue weighted by Gasteiger charge is 2.39. The Morgan fingerprint density at radius 2 is 1.03 bits per heavy atom. The van der Waals surface area contributed by atoms with Gasteiger partial charge in [-0.05, 0) is 87.7 Å². The Morgan fingerprint density at radius 3 is 1.50 bits per heavy atom. The molecule has 1 aliphatic carbocycles. The number of benzene rings is 3. The SMILES string of the molecule is CC1=C(C)C(C)(c2cccc(P(c3ccccc3)c3ccccc3)c2C)C(C)=C1C. The standard InChI is InChI=1S/C29H31P/c1-20-21(2)24(5)29(6,23(20)4)27-18-13-19-28(22(27)3)30(25-14-9-7-10-15-25)26-16-11-8-12-17-26/h7-19H,1-6H3. The van der Waals surface area contributed by atoms with Crippen LogP contribution in [0, 0.1) is 6.92 Å². The predicted octanol–water partition coefficient (Wildman–Crippen LogP) is 6.70. The molecule has 4 rings (SSSR count). The summed E-state index contributed by atoms with van der Waals surface area (Å²) in [5.74, 6) is 0. The highest BCUT2D eigenvalue weighted by atomic mass is 31.1. The van der Waals surface area contributed by atoms with E-state index in [2.05, 4.69) is 120 Å². The van der Waals surface area contributed by atoms with Crippen LogP contribution in [-0.4, -0.2) is 0 Å². The van der Waals surface area contributed by atoms with Crippen LogP contribution in [0.1, 0.15) is 45.7 Å². The molecular weight excluding hydrogens is 379 g/mol. The first kappa shape index (κ1) is 20.8. The molecule has 0 unspecified atom stereocenters. The van der Waals surface area contributed by atoms with Gasteiger partial charge >= 0.3 is 0 Å². The van der Waals surface area contributed by atoms with Crippen LogP contribution in [-0.2, 0) is 5.41 Å². The summed E-state index contributed by atoms with van der Waals surface area (Å²) in [7, 11) is -0.603. The van der Waals surface area contributed by atoms with Gasteiger partial charge < -0.3 is 0 Å². The van der Waals surface area contributed by atoms with E-state index in [4.69, 9.17) is 0 Å². The van der Waals surface area contributed by atoms with Gasteiger partial charge in [0.05, 0.1) is 0 Å². The first-order valence-corrected chi connectivity index (χ1v) is 12.1. The fourth-order valence-corrected chi connectivity index (χ4v) is 7.47. The molecule has 0 N–H and O–H groups in total. The van der Waals surface area contributed by atoms with E-state index in [-0.39, 0.29) is 5.41 Å². The summed E-state index contributed by atoms with van der Waals surface area (Å²) in [5, 5.41) is 4.27. The molecule has 0 fully saturated rings. The second kappa shape index (κ2) is 8.01. The van der Waals surface area contributed by atoms with Crippen molar-refractivity contribution in [1.29, 1.82) is 0 Å². The molecule has 0 aliphatic heterocycles. The van der Waals surface area contributed by atoms with Crippen LogP contribution in [0.15, 0.2) is 101 Å². The molecule has 0 spiro atoms. The Bertz CT molecular complexity index is 1070. The van der Waals surface area contributed by atoms with Gasteiger partial charge in [-0.2, -0.15) is 0 Å². The molecule has 152 valence electrons. The maximum Gasteiger partial charge on any atom is 0.0351 e. The molecule has 0 bridgehead atoms. The van der Waals surface area contributed by atoms with Crippen molar-refractivity contribution in [3.63, 3.8) is 0 Å². The van der Waals surface area contributed by atoms with Crippen molar-refractivity contribution in [1.82, 2.24) is 0 Å². The van der Waals surface area contributed by atoms with Crippen molar-refractivity contribution in [3.8, 4) is 0 Å². The van der Waals surface area contributed by atoms with Gasteiger partial charge in [0.25, 0.3) is 0 Å². The normalized spacial score (nSPS) is 16.0. The van der Waals surface area contributed by atoms with Crippen LogP contribution in [0.4, 0.5) is 0 Å².